The summed E-state index contributed by atoms with van der Waals surface area (Å²) in [6.45, 7) is 0. The number of carboxylic acids is 1. The van der Waals surface area contributed by atoms with E-state index < -0.39 is 5.97 Å². The van der Waals surface area contributed by atoms with Crippen molar-refractivity contribution in [1.29, 1.82) is 0 Å². The first-order valence-corrected chi connectivity index (χ1v) is 7.39. The third kappa shape index (κ3) is 2.39. The lowest BCUT2D eigenvalue weighted by Crippen LogP contribution is -1.91. The number of carboxylic acid groups (broad SMARTS) is 1. The minimum Gasteiger partial charge on any atom is -0.477 e. The maximum absolute atomic E-state index is 10.9. The molecule has 100 valence electrons. The fourth-order valence-electron chi connectivity index (χ4n) is 1.92. The zero-order valence-electron chi connectivity index (χ0n) is 10.1. The fraction of sp³-hybridized carbons (Fsp3) is 0. The number of benzene rings is 2. The molecule has 0 atom stereocenters. The van der Waals surface area contributed by atoms with Crippen molar-refractivity contribution in [3.63, 3.8) is 0 Å². The number of rotatable bonds is 3. The molecule has 4 nitrogen and oxygen atoms in total. The lowest BCUT2D eigenvalue weighted by molar-refractivity contribution is 0.0702. The fourth-order valence-corrected chi connectivity index (χ4v) is 3.06. The minimum absolute atomic E-state index is 0.217. The lowest BCUT2D eigenvalue weighted by Gasteiger charge is -2.08. The van der Waals surface area contributed by atoms with E-state index in [9.17, 15) is 4.79 Å². The van der Waals surface area contributed by atoms with E-state index in [1.165, 1.54) is 6.20 Å². The number of carbonyl (C=O) groups is 1. The third-order valence-corrected chi connectivity index (χ3v) is 4.42. The number of hydrogen-bond acceptors (Lipinski definition) is 4. The molecular weight excluding hydrogens is 340 g/mol. The van der Waals surface area contributed by atoms with Gasteiger partial charge in [0.25, 0.3) is 0 Å². The van der Waals surface area contributed by atoms with Crippen LogP contribution in [0.3, 0.4) is 0 Å². The van der Waals surface area contributed by atoms with Crippen LogP contribution in [0.15, 0.2) is 47.1 Å². The van der Waals surface area contributed by atoms with E-state index in [1.54, 1.807) is 0 Å². The van der Waals surface area contributed by atoms with Crippen molar-refractivity contribution < 1.29 is 9.90 Å². The van der Waals surface area contributed by atoms with Crippen molar-refractivity contribution in [3.8, 4) is 0 Å². The number of aromatic nitrogens is 1. The normalized spacial score (nSPS) is 10.7. The molecule has 2 N–H and O–H groups in total. The van der Waals surface area contributed by atoms with Crippen LogP contribution in [0.25, 0.3) is 10.8 Å². The molecule has 0 aliphatic heterocycles. The highest BCUT2D eigenvalue weighted by Crippen LogP contribution is 2.32. The molecule has 0 radical (unpaired) electrons. The van der Waals surface area contributed by atoms with Crippen molar-refractivity contribution >= 4 is 54.8 Å². The number of halogens is 1. The predicted molar refractivity (Wildman–Crippen MR) is 84.0 cm³/mol. The Labute approximate surface area is 127 Å². The van der Waals surface area contributed by atoms with Crippen molar-refractivity contribution in [2.24, 2.45) is 0 Å². The van der Waals surface area contributed by atoms with Crippen molar-refractivity contribution in [1.82, 2.24) is 4.98 Å². The standard InChI is InChI=1S/C14H9BrN2O2S/c15-10-5-6-11(9-4-2-1-3-8(9)10)17-14-16-7-12(20-14)13(18)19/h1-7H,(H,16,17)(H,18,19). The maximum atomic E-state index is 10.9. The summed E-state index contributed by atoms with van der Waals surface area (Å²) in [7, 11) is 0. The molecule has 6 heteroatoms. The first-order valence-electron chi connectivity index (χ1n) is 5.78. The van der Waals surface area contributed by atoms with Gasteiger partial charge in [-0.05, 0) is 17.5 Å². The molecule has 0 aliphatic carbocycles. The van der Waals surface area contributed by atoms with Gasteiger partial charge in [0, 0.05) is 15.5 Å². The molecule has 0 spiro atoms. The first kappa shape index (κ1) is 13.1. The molecule has 1 aromatic heterocycles. The smallest absolute Gasteiger partial charge is 0.347 e. The van der Waals surface area contributed by atoms with Gasteiger partial charge in [-0.15, -0.1) is 0 Å². The molecule has 0 amide bonds. The van der Waals surface area contributed by atoms with Gasteiger partial charge in [0.2, 0.25) is 0 Å². The Morgan fingerprint density at radius 2 is 1.95 bits per heavy atom. The molecule has 0 aliphatic rings. The number of aromatic carboxylic acids is 1. The summed E-state index contributed by atoms with van der Waals surface area (Å²) < 4.78 is 1.02. The second-order valence-corrected chi connectivity index (χ2v) is 5.99. The van der Waals surface area contributed by atoms with Gasteiger partial charge in [0.1, 0.15) is 4.88 Å². The summed E-state index contributed by atoms with van der Waals surface area (Å²) in [5, 5.41) is 14.8. The van der Waals surface area contributed by atoms with Crippen molar-refractivity contribution in [3.05, 3.63) is 51.9 Å². The Balaban J connectivity index is 2.02. The van der Waals surface area contributed by atoms with Gasteiger partial charge in [0.15, 0.2) is 5.13 Å². The van der Waals surface area contributed by atoms with Gasteiger partial charge >= 0.3 is 5.97 Å². The van der Waals surface area contributed by atoms with E-state index in [2.05, 4.69) is 26.2 Å². The van der Waals surface area contributed by atoms with E-state index in [4.69, 9.17) is 5.11 Å². The topological polar surface area (TPSA) is 62.2 Å². The number of anilines is 2. The average Bonchev–Trinajstić information content (AvgIpc) is 2.91. The van der Waals surface area contributed by atoms with E-state index in [1.807, 2.05) is 36.4 Å². The monoisotopic (exact) mass is 348 g/mol. The minimum atomic E-state index is -0.962. The summed E-state index contributed by atoms with van der Waals surface area (Å²) in [5.74, 6) is -0.962. The molecular formula is C14H9BrN2O2S. The number of thiazole rings is 1. The highest BCUT2D eigenvalue weighted by Gasteiger charge is 2.10. The van der Waals surface area contributed by atoms with Crippen LogP contribution in [0.2, 0.25) is 0 Å². The molecule has 20 heavy (non-hydrogen) atoms. The molecule has 2 aromatic carbocycles. The van der Waals surface area contributed by atoms with Crippen LogP contribution in [0, 0.1) is 0 Å². The van der Waals surface area contributed by atoms with Gasteiger partial charge < -0.3 is 10.4 Å². The van der Waals surface area contributed by atoms with Gasteiger partial charge in [-0.2, -0.15) is 0 Å². The predicted octanol–water partition coefficient (Wildman–Crippen LogP) is 4.50. The van der Waals surface area contributed by atoms with E-state index in [0.29, 0.717) is 5.13 Å². The van der Waals surface area contributed by atoms with Gasteiger partial charge in [-0.25, -0.2) is 9.78 Å². The van der Waals surface area contributed by atoms with E-state index in [0.717, 1.165) is 32.3 Å². The van der Waals surface area contributed by atoms with Crippen LogP contribution >= 0.6 is 27.3 Å². The van der Waals surface area contributed by atoms with Crippen LogP contribution < -0.4 is 5.32 Å². The molecule has 3 rings (SSSR count). The van der Waals surface area contributed by atoms with Crippen molar-refractivity contribution in [2.75, 3.05) is 5.32 Å². The van der Waals surface area contributed by atoms with Gasteiger partial charge in [-0.1, -0.05) is 51.5 Å². The second kappa shape index (κ2) is 5.22. The lowest BCUT2D eigenvalue weighted by atomic mass is 10.1. The molecule has 0 saturated heterocycles. The van der Waals surface area contributed by atoms with Gasteiger partial charge in [0.05, 0.1) is 6.20 Å². The first-order chi connectivity index (χ1) is 9.65. The Hall–Kier alpha value is -1.92. The molecule has 1 heterocycles. The summed E-state index contributed by atoms with van der Waals surface area (Å²) >= 11 is 4.64. The molecule has 0 unspecified atom stereocenters. The Morgan fingerprint density at radius 1 is 1.20 bits per heavy atom. The summed E-state index contributed by atoms with van der Waals surface area (Å²) in [5.41, 5.74) is 0.898. The number of fused-ring (bicyclic) bond motifs is 1. The Morgan fingerprint density at radius 3 is 2.65 bits per heavy atom. The largest absolute Gasteiger partial charge is 0.477 e. The summed E-state index contributed by atoms with van der Waals surface area (Å²) in [6, 6.07) is 11.9. The summed E-state index contributed by atoms with van der Waals surface area (Å²) in [4.78, 5) is 15.2. The van der Waals surface area contributed by atoms with Crippen LogP contribution in [0.5, 0.6) is 0 Å². The van der Waals surface area contributed by atoms with E-state index in [-0.39, 0.29) is 4.88 Å². The number of nitrogens with zero attached hydrogens (tertiary/aromatic N) is 1. The van der Waals surface area contributed by atoms with E-state index >= 15 is 0 Å². The number of nitrogens with one attached hydrogen (secondary N) is 1. The van der Waals surface area contributed by atoms with Crippen LogP contribution in [0.4, 0.5) is 10.8 Å². The second-order valence-electron chi connectivity index (χ2n) is 4.10. The molecule has 0 saturated carbocycles. The molecule has 3 aromatic rings. The van der Waals surface area contributed by atoms with Crippen LogP contribution in [-0.4, -0.2) is 16.1 Å². The molecule has 0 fully saturated rings. The van der Waals surface area contributed by atoms with Crippen LogP contribution in [0.1, 0.15) is 9.67 Å². The Kier molecular flexibility index (Phi) is 3.42. The molecule has 0 bridgehead atoms. The van der Waals surface area contributed by atoms with Crippen LogP contribution in [-0.2, 0) is 0 Å². The zero-order valence-corrected chi connectivity index (χ0v) is 12.5. The average molecular weight is 349 g/mol. The van der Waals surface area contributed by atoms with Crippen molar-refractivity contribution in [2.45, 2.75) is 0 Å². The highest BCUT2D eigenvalue weighted by molar-refractivity contribution is 9.10. The maximum Gasteiger partial charge on any atom is 0.347 e. The SMILES string of the molecule is O=C(O)c1cnc(Nc2ccc(Br)c3ccccc23)s1. The zero-order chi connectivity index (χ0) is 14.1. The quantitative estimate of drug-likeness (QED) is 0.731. The highest BCUT2D eigenvalue weighted by atomic mass is 79.9. The number of hydrogen-bond donors (Lipinski definition) is 2. The summed E-state index contributed by atoms with van der Waals surface area (Å²) in [6.07, 6.45) is 1.36. The third-order valence-electron chi connectivity index (χ3n) is 2.83. The van der Waals surface area contributed by atoms with Gasteiger partial charge in [-0.3, -0.25) is 0 Å². The Bertz CT molecular complexity index is 801.